The molecule has 42 heavy (non-hydrogen) atoms. The normalized spacial score (nSPS) is 12.3. The predicted octanol–water partition coefficient (Wildman–Crippen LogP) is 11.7. The van der Waals surface area contributed by atoms with Crippen molar-refractivity contribution in [2.45, 2.75) is 0 Å². The van der Waals surface area contributed by atoms with Gasteiger partial charge in [0.05, 0.1) is 0 Å². The van der Waals surface area contributed by atoms with Crippen LogP contribution in [0, 0.1) is 0 Å². The molecule has 2 nitrogen and oxygen atoms in total. The van der Waals surface area contributed by atoms with E-state index in [0.29, 0.717) is 0 Å². The summed E-state index contributed by atoms with van der Waals surface area (Å²) in [7, 11) is 0. The van der Waals surface area contributed by atoms with Gasteiger partial charge >= 0.3 is 0 Å². The Hall–Kier alpha value is -5.60. The van der Waals surface area contributed by atoms with Crippen LogP contribution in [0.4, 0.5) is 0 Å². The van der Waals surface area contributed by atoms with Gasteiger partial charge in [0.2, 0.25) is 0 Å². The number of para-hydroxylation sites is 2. The van der Waals surface area contributed by atoms with Gasteiger partial charge in [0.1, 0.15) is 22.3 Å². The first-order chi connectivity index (χ1) is 20.8. The predicted molar refractivity (Wildman–Crippen MR) is 176 cm³/mol. The van der Waals surface area contributed by atoms with Gasteiger partial charge in [-0.25, -0.2) is 0 Å². The smallest absolute Gasteiger partial charge is 0.143 e. The standard InChI is InChI=1S/C40H22O2/c1-3-13-27-25(11-1)37(29-21-22-35-39-30(29)20-19-23-9-7-18-34(41-35)36(23)39)26-12-2-4-14-28(26)38(27)32-16-8-15-31-24-10-5-6-17-33(24)42-40(31)32/h1-22H. The summed E-state index contributed by atoms with van der Waals surface area (Å²) in [5.41, 5.74) is 8.50. The van der Waals surface area contributed by atoms with Gasteiger partial charge in [-0.3, -0.25) is 0 Å². The van der Waals surface area contributed by atoms with Crippen molar-refractivity contribution in [1.82, 2.24) is 0 Å². The Morgan fingerprint density at radius 1 is 0.310 bits per heavy atom. The maximum absolute atomic E-state index is 6.55. The molecule has 0 aliphatic carbocycles. The summed E-state index contributed by atoms with van der Waals surface area (Å²) >= 11 is 0. The second kappa shape index (κ2) is 7.99. The van der Waals surface area contributed by atoms with E-state index in [4.69, 9.17) is 8.83 Å². The maximum Gasteiger partial charge on any atom is 0.143 e. The molecule has 0 saturated heterocycles. The van der Waals surface area contributed by atoms with Gasteiger partial charge < -0.3 is 8.83 Å². The van der Waals surface area contributed by atoms with Gasteiger partial charge in [-0.15, -0.1) is 0 Å². The van der Waals surface area contributed by atoms with Crippen LogP contribution in [-0.4, -0.2) is 0 Å². The van der Waals surface area contributed by atoms with Gasteiger partial charge in [0, 0.05) is 32.7 Å². The first-order valence-electron chi connectivity index (χ1n) is 14.4. The van der Waals surface area contributed by atoms with Crippen LogP contribution in [0.15, 0.2) is 142 Å². The molecule has 0 amide bonds. The molecular formula is C40H22O2. The molecule has 10 aromatic rings. The lowest BCUT2D eigenvalue weighted by Crippen LogP contribution is -1.92. The summed E-state index contributed by atoms with van der Waals surface area (Å²) in [4.78, 5) is 0. The molecule has 0 bridgehead atoms. The molecule has 2 aromatic heterocycles. The van der Waals surface area contributed by atoms with Crippen molar-refractivity contribution < 1.29 is 8.83 Å². The first kappa shape index (κ1) is 22.1. The lowest BCUT2D eigenvalue weighted by atomic mass is 9.84. The molecule has 10 rings (SSSR count). The van der Waals surface area contributed by atoms with Crippen molar-refractivity contribution in [3.05, 3.63) is 133 Å². The highest BCUT2D eigenvalue weighted by molar-refractivity contribution is 6.29. The van der Waals surface area contributed by atoms with E-state index < -0.39 is 0 Å². The number of hydrogen-bond donors (Lipinski definition) is 0. The molecule has 0 unspecified atom stereocenters. The highest BCUT2D eigenvalue weighted by atomic mass is 16.3. The van der Waals surface area contributed by atoms with Crippen LogP contribution in [0.25, 0.3) is 98.4 Å². The fraction of sp³-hybridized carbons (Fsp3) is 0. The Morgan fingerprint density at radius 3 is 1.67 bits per heavy atom. The van der Waals surface area contributed by atoms with Crippen molar-refractivity contribution in [3.8, 4) is 22.3 Å². The van der Waals surface area contributed by atoms with E-state index in [1.807, 2.05) is 6.07 Å². The zero-order valence-electron chi connectivity index (χ0n) is 22.5. The summed E-state index contributed by atoms with van der Waals surface area (Å²) in [6.07, 6.45) is 0. The summed E-state index contributed by atoms with van der Waals surface area (Å²) in [6.45, 7) is 0. The Bertz CT molecular complexity index is 2630. The topological polar surface area (TPSA) is 26.3 Å². The van der Waals surface area contributed by atoms with E-state index in [1.165, 1.54) is 59.8 Å². The average molecular weight is 535 g/mol. The second-order valence-corrected chi connectivity index (χ2v) is 11.2. The number of rotatable bonds is 2. The molecule has 194 valence electrons. The van der Waals surface area contributed by atoms with Gasteiger partial charge in [-0.1, -0.05) is 109 Å². The van der Waals surface area contributed by atoms with E-state index in [2.05, 4.69) is 127 Å². The quantitative estimate of drug-likeness (QED) is 0.163. The molecule has 0 saturated carbocycles. The van der Waals surface area contributed by atoms with Crippen LogP contribution in [0.5, 0.6) is 0 Å². The monoisotopic (exact) mass is 534 g/mol. The average Bonchev–Trinajstić information content (AvgIpc) is 3.62. The Kier molecular flexibility index (Phi) is 4.21. The third-order valence-corrected chi connectivity index (χ3v) is 9.04. The maximum atomic E-state index is 6.55. The van der Waals surface area contributed by atoms with Gasteiger partial charge in [-0.2, -0.15) is 0 Å². The van der Waals surface area contributed by atoms with Crippen LogP contribution in [0.3, 0.4) is 0 Å². The van der Waals surface area contributed by atoms with Gasteiger partial charge in [0.15, 0.2) is 0 Å². The van der Waals surface area contributed by atoms with E-state index in [0.717, 1.165) is 38.7 Å². The zero-order valence-corrected chi connectivity index (χ0v) is 22.5. The number of fused-ring (bicyclic) bond motifs is 5. The second-order valence-electron chi connectivity index (χ2n) is 11.2. The minimum Gasteiger partial charge on any atom is -0.456 e. The summed E-state index contributed by atoms with van der Waals surface area (Å²) in [5, 5.41) is 12.0. The van der Waals surface area contributed by atoms with Crippen LogP contribution in [0.2, 0.25) is 0 Å². The van der Waals surface area contributed by atoms with Crippen molar-refractivity contribution in [2.24, 2.45) is 0 Å². The Balaban J connectivity index is 1.38. The molecule has 0 spiro atoms. The Labute approximate surface area is 240 Å². The molecule has 2 heteroatoms. The molecule has 0 radical (unpaired) electrons. The minimum absolute atomic E-state index is 0.913. The highest BCUT2D eigenvalue weighted by Gasteiger charge is 2.22. The summed E-state index contributed by atoms with van der Waals surface area (Å²) < 4.78 is 12.9. The van der Waals surface area contributed by atoms with Gasteiger partial charge in [0.25, 0.3) is 0 Å². The fourth-order valence-electron chi connectivity index (χ4n) is 7.32. The van der Waals surface area contributed by atoms with Crippen molar-refractivity contribution in [3.63, 3.8) is 0 Å². The third-order valence-electron chi connectivity index (χ3n) is 9.04. The number of benzene rings is 8. The molecule has 0 aliphatic heterocycles. The molecule has 0 atom stereocenters. The lowest BCUT2D eigenvalue weighted by molar-refractivity contribution is 0.669. The third kappa shape index (κ3) is 2.78. The SMILES string of the molecule is c1ccc2c(c1)oc1c(-c3c4ccccc4c(-c4ccc5oc6cccc7ccc4c5c76)c4ccccc34)cccc12. The molecule has 0 fully saturated rings. The van der Waals surface area contributed by atoms with Crippen LogP contribution < -0.4 is 0 Å². The summed E-state index contributed by atoms with van der Waals surface area (Å²) in [5.74, 6) is 0. The fourth-order valence-corrected chi connectivity index (χ4v) is 7.32. The van der Waals surface area contributed by atoms with Crippen LogP contribution in [-0.2, 0) is 0 Å². The lowest BCUT2D eigenvalue weighted by Gasteiger charge is -2.19. The largest absolute Gasteiger partial charge is 0.456 e. The zero-order chi connectivity index (χ0) is 27.4. The minimum atomic E-state index is 0.913. The molecule has 2 heterocycles. The number of hydrogen-bond acceptors (Lipinski definition) is 2. The van der Waals surface area contributed by atoms with Crippen molar-refractivity contribution in [1.29, 1.82) is 0 Å². The number of furan rings is 2. The van der Waals surface area contributed by atoms with Gasteiger partial charge in [-0.05, 0) is 67.7 Å². The molecule has 0 aliphatic rings. The van der Waals surface area contributed by atoms with Crippen molar-refractivity contribution >= 4 is 76.2 Å². The summed E-state index contributed by atoms with van der Waals surface area (Å²) in [6, 6.07) is 47.7. The van der Waals surface area contributed by atoms with E-state index in [1.54, 1.807) is 0 Å². The van der Waals surface area contributed by atoms with E-state index in [9.17, 15) is 0 Å². The molecular weight excluding hydrogens is 512 g/mol. The molecule has 0 N–H and O–H groups in total. The van der Waals surface area contributed by atoms with Crippen LogP contribution >= 0.6 is 0 Å². The van der Waals surface area contributed by atoms with E-state index in [-0.39, 0.29) is 0 Å². The van der Waals surface area contributed by atoms with E-state index >= 15 is 0 Å². The highest BCUT2D eigenvalue weighted by Crippen LogP contribution is 2.49. The van der Waals surface area contributed by atoms with Crippen LogP contribution in [0.1, 0.15) is 0 Å². The van der Waals surface area contributed by atoms with Crippen molar-refractivity contribution in [2.75, 3.05) is 0 Å². The molecule has 8 aromatic carbocycles. The Morgan fingerprint density at radius 2 is 0.905 bits per heavy atom. The first-order valence-corrected chi connectivity index (χ1v) is 14.4.